The molecule has 1 saturated heterocycles. The molecule has 1 aliphatic rings. The number of nitrogens with one attached hydrogen (secondary N) is 1. The summed E-state index contributed by atoms with van der Waals surface area (Å²) in [7, 11) is 0. The molecule has 188 valence electrons. The van der Waals surface area contributed by atoms with Crippen molar-refractivity contribution in [1.29, 1.82) is 0 Å². The number of ether oxygens (including phenoxy) is 3. The molecule has 2 atom stereocenters. The van der Waals surface area contributed by atoms with Crippen molar-refractivity contribution < 1.29 is 23.0 Å². The molecule has 3 aromatic rings. The van der Waals surface area contributed by atoms with Crippen molar-refractivity contribution in [3.8, 4) is 5.75 Å². The van der Waals surface area contributed by atoms with Gasteiger partial charge in [0.2, 0.25) is 0 Å². The van der Waals surface area contributed by atoms with Gasteiger partial charge in [-0.25, -0.2) is 8.78 Å². The van der Waals surface area contributed by atoms with Gasteiger partial charge in [0.25, 0.3) is 0 Å². The second kappa shape index (κ2) is 14.1. The summed E-state index contributed by atoms with van der Waals surface area (Å²) < 4.78 is 45.4. The van der Waals surface area contributed by atoms with Gasteiger partial charge in [0.15, 0.2) is 0 Å². The molecule has 0 amide bonds. The zero-order valence-electron chi connectivity index (χ0n) is 19.6. The van der Waals surface area contributed by atoms with Crippen LogP contribution in [0.1, 0.15) is 35.4 Å². The quantitative estimate of drug-likeness (QED) is 0.324. The van der Waals surface area contributed by atoms with Crippen molar-refractivity contribution in [3.05, 3.63) is 101 Å². The van der Waals surface area contributed by atoms with Crippen LogP contribution in [0.3, 0.4) is 0 Å². The van der Waals surface area contributed by atoms with E-state index in [1.54, 1.807) is 0 Å². The molecule has 0 bridgehead atoms. The zero-order chi connectivity index (χ0) is 23.6. The summed E-state index contributed by atoms with van der Waals surface area (Å²) >= 11 is 0. The molecule has 1 aliphatic heterocycles. The second-order valence-electron chi connectivity index (χ2n) is 8.46. The SMILES string of the molecule is Cl.Fc1cccc(F)c1COC1CNCCC1c1ccc(OCCCOCc2ccccc2)cc1. The van der Waals surface area contributed by atoms with E-state index in [4.69, 9.17) is 14.2 Å². The molecular weight excluding hydrogens is 472 g/mol. The summed E-state index contributed by atoms with van der Waals surface area (Å²) in [5.41, 5.74) is 2.28. The van der Waals surface area contributed by atoms with Crippen LogP contribution in [-0.4, -0.2) is 32.4 Å². The fourth-order valence-corrected chi connectivity index (χ4v) is 4.17. The van der Waals surface area contributed by atoms with E-state index >= 15 is 0 Å². The molecule has 1 heterocycles. The maximum atomic E-state index is 14.0. The molecule has 2 unspecified atom stereocenters. The molecule has 35 heavy (non-hydrogen) atoms. The van der Waals surface area contributed by atoms with Gasteiger partial charge in [-0.3, -0.25) is 0 Å². The van der Waals surface area contributed by atoms with Gasteiger partial charge >= 0.3 is 0 Å². The highest BCUT2D eigenvalue weighted by Crippen LogP contribution is 2.30. The number of hydrogen-bond acceptors (Lipinski definition) is 4. The monoisotopic (exact) mass is 503 g/mol. The molecule has 0 saturated carbocycles. The molecule has 1 fully saturated rings. The van der Waals surface area contributed by atoms with Gasteiger partial charge in [-0.2, -0.15) is 0 Å². The Morgan fingerprint density at radius 1 is 0.829 bits per heavy atom. The van der Waals surface area contributed by atoms with Gasteiger partial charge in [0, 0.05) is 24.4 Å². The predicted octanol–water partition coefficient (Wildman–Crippen LogP) is 6.03. The molecule has 0 radical (unpaired) electrons. The number of piperidine rings is 1. The third kappa shape index (κ3) is 8.00. The summed E-state index contributed by atoms with van der Waals surface area (Å²) in [5, 5.41) is 3.32. The van der Waals surface area contributed by atoms with Gasteiger partial charge < -0.3 is 19.5 Å². The molecule has 0 aromatic heterocycles. The molecule has 4 rings (SSSR count). The Balaban J connectivity index is 0.00000342. The molecular formula is C28H32ClF2NO3. The minimum atomic E-state index is -0.577. The molecule has 1 N–H and O–H groups in total. The topological polar surface area (TPSA) is 39.7 Å². The summed E-state index contributed by atoms with van der Waals surface area (Å²) in [4.78, 5) is 0. The van der Waals surface area contributed by atoms with E-state index in [0.29, 0.717) is 26.4 Å². The van der Waals surface area contributed by atoms with Crippen molar-refractivity contribution in [2.24, 2.45) is 0 Å². The first-order valence-corrected chi connectivity index (χ1v) is 11.8. The molecule has 4 nitrogen and oxygen atoms in total. The van der Waals surface area contributed by atoms with E-state index in [-0.39, 0.29) is 36.6 Å². The van der Waals surface area contributed by atoms with E-state index in [1.165, 1.54) is 23.8 Å². The lowest BCUT2D eigenvalue weighted by molar-refractivity contribution is 0.00808. The highest BCUT2D eigenvalue weighted by atomic mass is 35.5. The van der Waals surface area contributed by atoms with Gasteiger partial charge in [-0.05, 0) is 48.4 Å². The third-order valence-corrected chi connectivity index (χ3v) is 6.05. The normalized spacial score (nSPS) is 17.5. The maximum absolute atomic E-state index is 14.0. The number of rotatable bonds is 11. The van der Waals surface area contributed by atoms with Crippen molar-refractivity contribution in [2.75, 3.05) is 26.3 Å². The zero-order valence-corrected chi connectivity index (χ0v) is 20.4. The fraction of sp³-hybridized carbons (Fsp3) is 0.357. The van der Waals surface area contributed by atoms with Crippen molar-refractivity contribution in [3.63, 3.8) is 0 Å². The van der Waals surface area contributed by atoms with Crippen molar-refractivity contribution >= 4 is 12.4 Å². The first kappa shape index (κ1) is 27.1. The van der Waals surface area contributed by atoms with Gasteiger partial charge in [0.05, 0.1) is 32.5 Å². The lowest BCUT2D eigenvalue weighted by Gasteiger charge is -2.32. The lowest BCUT2D eigenvalue weighted by Crippen LogP contribution is -2.41. The average molecular weight is 504 g/mol. The first-order chi connectivity index (χ1) is 16.7. The van der Waals surface area contributed by atoms with Crippen molar-refractivity contribution in [1.82, 2.24) is 5.32 Å². The van der Waals surface area contributed by atoms with Crippen LogP contribution < -0.4 is 10.1 Å². The van der Waals surface area contributed by atoms with Gasteiger partial charge in [0.1, 0.15) is 17.4 Å². The van der Waals surface area contributed by atoms with Gasteiger partial charge in [-0.1, -0.05) is 48.5 Å². The Morgan fingerprint density at radius 2 is 1.57 bits per heavy atom. The van der Waals surface area contributed by atoms with Crippen LogP contribution in [0.15, 0.2) is 72.8 Å². The van der Waals surface area contributed by atoms with E-state index in [0.717, 1.165) is 30.7 Å². The number of benzene rings is 3. The molecule has 7 heteroatoms. The molecule has 0 aliphatic carbocycles. The largest absolute Gasteiger partial charge is 0.494 e. The summed E-state index contributed by atoms with van der Waals surface area (Å²) in [6.07, 6.45) is 1.54. The van der Waals surface area contributed by atoms with Crippen LogP contribution in [0.4, 0.5) is 8.78 Å². The van der Waals surface area contributed by atoms with Crippen LogP contribution in [0.2, 0.25) is 0 Å². The minimum Gasteiger partial charge on any atom is -0.494 e. The van der Waals surface area contributed by atoms with E-state index in [1.807, 2.05) is 42.5 Å². The van der Waals surface area contributed by atoms with Crippen LogP contribution in [-0.2, 0) is 22.7 Å². The van der Waals surface area contributed by atoms with E-state index < -0.39 is 11.6 Å². The van der Waals surface area contributed by atoms with Crippen LogP contribution in [0, 0.1) is 11.6 Å². The number of halogens is 3. The number of hydrogen-bond donors (Lipinski definition) is 1. The van der Waals surface area contributed by atoms with E-state index in [9.17, 15) is 8.78 Å². The van der Waals surface area contributed by atoms with Crippen LogP contribution >= 0.6 is 12.4 Å². The Labute approximate surface area is 212 Å². The van der Waals surface area contributed by atoms with Crippen LogP contribution in [0.5, 0.6) is 5.75 Å². The molecule has 3 aromatic carbocycles. The highest BCUT2D eigenvalue weighted by molar-refractivity contribution is 5.85. The smallest absolute Gasteiger partial charge is 0.131 e. The Kier molecular flexibility index (Phi) is 10.9. The fourth-order valence-electron chi connectivity index (χ4n) is 4.17. The van der Waals surface area contributed by atoms with Crippen molar-refractivity contribution in [2.45, 2.75) is 38.1 Å². The highest BCUT2D eigenvalue weighted by Gasteiger charge is 2.27. The Bertz CT molecular complexity index is 1000. The third-order valence-electron chi connectivity index (χ3n) is 6.05. The second-order valence-corrected chi connectivity index (χ2v) is 8.46. The lowest BCUT2D eigenvalue weighted by atomic mass is 9.87. The molecule has 0 spiro atoms. The van der Waals surface area contributed by atoms with E-state index in [2.05, 4.69) is 17.4 Å². The minimum absolute atomic E-state index is 0. The summed E-state index contributed by atoms with van der Waals surface area (Å²) in [6, 6.07) is 22.0. The Morgan fingerprint density at radius 3 is 2.31 bits per heavy atom. The maximum Gasteiger partial charge on any atom is 0.131 e. The summed E-state index contributed by atoms with van der Waals surface area (Å²) in [5.74, 6) is -0.192. The first-order valence-electron chi connectivity index (χ1n) is 11.8. The Hall–Kier alpha value is -2.51. The van der Waals surface area contributed by atoms with Gasteiger partial charge in [-0.15, -0.1) is 12.4 Å². The standard InChI is InChI=1S/C28H31F2NO3.ClH/c29-26-8-4-9-27(30)25(26)20-34-28-18-31-15-14-24(28)22-10-12-23(13-11-22)33-17-5-16-32-19-21-6-2-1-3-7-21;/h1-4,6-13,24,28,31H,5,14-20H2;1H. The average Bonchev–Trinajstić information content (AvgIpc) is 2.87. The summed E-state index contributed by atoms with van der Waals surface area (Å²) in [6.45, 7) is 3.26. The predicted molar refractivity (Wildman–Crippen MR) is 135 cm³/mol. The van der Waals surface area contributed by atoms with Crippen LogP contribution in [0.25, 0.3) is 0 Å².